The lowest BCUT2D eigenvalue weighted by Crippen LogP contribution is -3.22. The summed E-state index contributed by atoms with van der Waals surface area (Å²) in [4.78, 5) is 3.93. The van der Waals surface area contributed by atoms with E-state index in [1.807, 2.05) is 11.8 Å². The first-order valence-corrected chi connectivity index (χ1v) is 9.19. The largest absolute Gasteiger partial charge is 0.370 e. The summed E-state index contributed by atoms with van der Waals surface area (Å²) in [6.45, 7) is 3.78. The standard InChI is InChI=1S/C17H17BrN2OS/c18-15-5-3-14(4-6-15)16-13-22-17(7-1-2-8-20(16)17)19-9-11-21-12-10-19/h1-8,13H,9-12H2/p+1/t17-/m1/s1. The van der Waals surface area contributed by atoms with E-state index in [1.54, 1.807) is 4.90 Å². The summed E-state index contributed by atoms with van der Waals surface area (Å²) in [7, 11) is 0. The molecule has 1 aromatic carbocycles. The van der Waals surface area contributed by atoms with E-state index >= 15 is 0 Å². The van der Waals surface area contributed by atoms with Crippen molar-refractivity contribution in [3.63, 3.8) is 0 Å². The van der Waals surface area contributed by atoms with Gasteiger partial charge in [-0.1, -0.05) is 34.1 Å². The third-order valence-electron chi connectivity index (χ3n) is 4.38. The summed E-state index contributed by atoms with van der Waals surface area (Å²) in [5.74, 6) is 0. The van der Waals surface area contributed by atoms with Crippen molar-refractivity contribution in [3.8, 4) is 0 Å². The number of allylic oxidation sites excluding steroid dienone is 2. The van der Waals surface area contributed by atoms with Gasteiger partial charge < -0.3 is 4.74 Å². The maximum atomic E-state index is 5.55. The number of ether oxygens (including phenoxy) is 1. The van der Waals surface area contributed by atoms with Gasteiger partial charge in [-0.25, -0.2) is 0 Å². The summed E-state index contributed by atoms with van der Waals surface area (Å²) in [5, 5.41) is 2.30. The van der Waals surface area contributed by atoms with Crippen LogP contribution in [0.15, 0.2) is 58.6 Å². The van der Waals surface area contributed by atoms with E-state index in [9.17, 15) is 0 Å². The Kier molecular flexibility index (Phi) is 3.90. The molecule has 22 heavy (non-hydrogen) atoms. The van der Waals surface area contributed by atoms with Crippen molar-refractivity contribution in [3.05, 3.63) is 64.1 Å². The quantitative estimate of drug-likeness (QED) is 0.852. The van der Waals surface area contributed by atoms with Crippen LogP contribution in [-0.4, -0.2) is 36.2 Å². The highest BCUT2D eigenvalue weighted by atomic mass is 79.9. The first-order valence-electron chi connectivity index (χ1n) is 7.52. The molecule has 0 bridgehead atoms. The zero-order valence-corrected chi connectivity index (χ0v) is 14.6. The fourth-order valence-corrected chi connectivity index (χ4v) is 4.85. The average Bonchev–Trinajstić information content (AvgIpc) is 2.97. The molecule has 0 amide bonds. The van der Waals surface area contributed by atoms with E-state index in [1.165, 1.54) is 11.3 Å². The number of quaternary nitrogens is 1. The molecule has 1 aromatic rings. The Balaban J connectivity index is 1.68. The van der Waals surface area contributed by atoms with Crippen LogP contribution >= 0.6 is 27.7 Å². The number of hydrogen-bond acceptors (Lipinski definition) is 3. The van der Waals surface area contributed by atoms with Gasteiger partial charge in [-0.2, -0.15) is 0 Å². The highest BCUT2D eigenvalue weighted by Crippen LogP contribution is 2.44. The van der Waals surface area contributed by atoms with Crippen molar-refractivity contribution in [1.29, 1.82) is 0 Å². The van der Waals surface area contributed by atoms with Gasteiger partial charge in [0.15, 0.2) is 0 Å². The Morgan fingerprint density at radius 1 is 1.14 bits per heavy atom. The second-order valence-electron chi connectivity index (χ2n) is 5.61. The minimum Gasteiger partial charge on any atom is -0.370 e. The number of benzene rings is 1. The van der Waals surface area contributed by atoms with Crippen LogP contribution in [0.2, 0.25) is 0 Å². The summed E-state index contributed by atoms with van der Waals surface area (Å²) >= 11 is 5.42. The molecule has 1 N–H and O–H groups in total. The lowest BCUT2D eigenvalue weighted by molar-refractivity contribution is -0.944. The van der Waals surface area contributed by atoms with Crippen molar-refractivity contribution < 1.29 is 9.64 Å². The monoisotopic (exact) mass is 377 g/mol. The van der Waals surface area contributed by atoms with Gasteiger partial charge in [0.2, 0.25) is 4.99 Å². The minimum absolute atomic E-state index is 0.0546. The molecular weight excluding hydrogens is 360 g/mol. The van der Waals surface area contributed by atoms with Crippen LogP contribution in [-0.2, 0) is 4.74 Å². The number of hydrogen-bond donors (Lipinski definition) is 1. The molecule has 3 aliphatic rings. The Bertz CT molecular complexity index is 649. The number of rotatable bonds is 2. The third-order valence-corrected chi connectivity index (χ3v) is 6.23. The van der Waals surface area contributed by atoms with Crippen LogP contribution in [0.4, 0.5) is 0 Å². The summed E-state index contributed by atoms with van der Waals surface area (Å²) < 4.78 is 6.66. The second-order valence-corrected chi connectivity index (χ2v) is 7.62. The van der Waals surface area contributed by atoms with Crippen LogP contribution in [0.3, 0.4) is 0 Å². The molecule has 0 aliphatic carbocycles. The Morgan fingerprint density at radius 2 is 1.91 bits per heavy atom. The highest BCUT2D eigenvalue weighted by molar-refractivity contribution is 9.10. The van der Waals surface area contributed by atoms with E-state index in [2.05, 4.69) is 74.9 Å². The van der Waals surface area contributed by atoms with E-state index < -0.39 is 0 Å². The van der Waals surface area contributed by atoms with Crippen molar-refractivity contribution in [2.45, 2.75) is 4.99 Å². The smallest absolute Gasteiger partial charge is 0.249 e. The number of nitrogens with one attached hydrogen (secondary N) is 1. The van der Waals surface area contributed by atoms with Gasteiger partial charge in [0, 0.05) is 22.2 Å². The molecule has 3 nitrogen and oxygen atoms in total. The molecule has 1 atom stereocenters. The molecule has 0 radical (unpaired) electrons. The van der Waals surface area contributed by atoms with Gasteiger partial charge in [-0.05, 0) is 35.5 Å². The van der Waals surface area contributed by atoms with Crippen LogP contribution in [0.5, 0.6) is 0 Å². The number of fused-ring (bicyclic) bond motifs is 1. The van der Waals surface area contributed by atoms with Gasteiger partial charge in [0.05, 0.1) is 18.9 Å². The maximum absolute atomic E-state index is 5.55. The first kappa shape index (κ1) is 14.6. The van der Waals surface area contributed by atoms with Gasteiger partial charge >= 0.3 is 0 Å². The van der Waals surface area contributed by atoms with Crippen LogP contribution < -0.4 is 4.90 Å². The molecule has 3 heterocycles. The van der Waals surface area contributed by atoms with Crippen LogP contribution in [0, 0.1) is 0 Å². The van der Waals surface area contributed by atoms with E-state index in [0.717, 1.165) is 30.8 Å². The van der Waals surface area contributed by atoms with Crippen molar-refractivity contribution in [1.82, 2.24) is 4.90 Å². The summed E-state index contributed by atoms with van der Waals surface area (Å²) in [6, 6.07) is 8.55. The summed E-state index contributed by atoms with van der Waals surface area (Å²) in [6.07, 6.45) is 8.83. The number of halogens is 1. The minimum atomic E-state index is -0.0546. The van der Waals surface area contributed by atoms with Gasteiger partial charge in [0.25, 0.3) is 0 Å². The Morgan fingerprint density at radius 3 is 2.68 bits per heavy atom. The zero-order valence-electron chi connectivity index (χ0n) is 12.2. The Labute approximate surface area is 143 Å². The fourth-order valence-electron chi connectivity index (χ4n) is 3.25. The molecule has 1 saturated heterocycles. The first-order chi connectivity index (χ1) is 10.8. The number of thioether (sulfide) groups is 1. The molecule has 0 unspecified atom stereocenters. The third kappa shape index (κ3) is 2.36. The van der Waals surface area contributed by atoms with Crippen LogP contribution in [0.25, 0.3) is 5.70 Å². The molecule has 114 valence electrons. The molecule has 3 aliphatic heterocycles. The van der Waals surface area contributed by atoms with Gasteiger partial charge in [-0.15, -0.1) is 0 Å². The topological polar surface area (TPSA) is 16.9 Å². The SMILES string of the molecule is Brc1ccc(C2=CS[C@@]3([NH+]4CCOCC4)C=CC=CN23)cc1. The molecule has 0 aromatic heterocycles. The number of nitrogens with zero attached hydrogens (tertiary/aromatic N) is 1. The van der Waals surface area contributed by atoms with E-state index in [4.69, 9.17) is 4.74 Å². The normalized spacial score (nSPS) is 27.9. The van der Waals surface area contributed by atoms with E-state index in [-0.39, 0.29) is 4.99 Å². The van der Waals surface area contributed by atoms with E-state index in [0.29, 0.717) is 0 Å². The highest BCUT2D eigenvalue weighted by Gasteiger charge is 2.50. The predicted molar refractivity (Wildman–Crippen MR) is 94.1 cm³/mol. The van der Waals surface area contributed by atoms with Crippen molar-refractivity contribution >= 4 is 33.4 Å². The lowest BCUT2D eigenvalue weighted by Gasteiger charge is -2.43. The van der Waals surface area contributed by atoms with Crippen LogP contribution in [0.1, 0.15) is 5.56 Å². The molecule has 5 heteroatoms. The molecule has 0 spiro atoms. The predicted octanol–water partition coefficient (Wildman–Crippen LogP) is 2.45. The lowest BCUT2D eigenvalue weighted by atomic mass is 10.1. The fraction of sp³-hybridized carbons (Fsp3) is 0.294. The average molecular weight is 378 g/mol. The second kappa shape index (κ2) is 5.89. The molecule has 4 rings (SSSR count). The van der Waals surface area contributed by atoms with Crippen molar-refractivity contribution in [2.75, 3.05) is 26.3 Å². The molecule has 0 saturated carbocycles. The maximum Gasteiger partial charge on any atom is 0.249 e. The zero-order chi connectivity index (χ0) is 15.0. The molecular formula is C17H18BrN2OS+. The number of morpholine rings is 1. The van der Waals surface area contributed by atoms with Gasteiger partial charge in [-0.3, -0.25) is 9.80 Å². The Hall–Kier alpha value is -1.01. The van der Waals surface area contributed by atoms with Gasteiger partial charge in [0.1, 0.15) is 13.1 Å². The molecule has 1 fully saturated rings. The van der Waals surface area contributed by atoms with Crippen molar-refractivity contribution in [2.24, 2.45) is 0 Å². The summed E-state index contributed by atoms with van der Waals surface area (Å²) in [5.41, 5.74) is 2.53.